The van der Waals surface area contributed by atoms with Gasteiger partial charge in [-0.05, 0) is 18.6 Å². The Bertz CT molecular complexity index is 474. The highest BCUT2D eigenvalue weighted by Crippen LogP contribution is 2.29. The van der Waals surface area contributed by atoms with Crippen molar-refractivity contribution in [1.29, 1.82) is 0 Å². The molecule has 21 heavy (non-hydrogen) atoms. The van der Waals surface area contributed by atoms with E-state index in [1.807, 2.05) is 6.07 Å². The largest absolute Gasteiger partial charge is 0.383 e. The maximum Gasteiger partial charge on any atom is 0.191 e. The molecule has 1 unspecified atom stereocenters. The van der Waals surface area contributed by atoms with Crippen molar-refractivity contribution in [3.8, 4) is 0 Å². The molecule has 1 aromatic carbocycles. The molecule has 0 heterocycles. The van der Waals surface area contributed by atoms with E-state index in [0.29, 0.717) is 6.61 Å². The number of aliphatic imine (C=N–C) groups is 1. The van der Waals surface area contributed by atoms with Crippen LogP contribution in [0.25, 0.3) is 0 Å². The van der Waals surface area contributed by atoms with Crippen LogP contribution in [0.4, 0.5) is 0 Å². The van der Waals surface area contributed by atoms with Gasteiger partial charge in [0, 0.05) is 36.6 Å². The standard InChI is InChI=1S/C16H26BrN3O/c1-12(10-21-5)20-15(18-4)19-11-16(2,3)13-8-6-7-9-14(13)17/h6-9,12H,10-11H2,1-5H3,(H2,18,19,20). The Morgan fingerprint density at radius 3 is 2.62 bits per heavy atom. The molecule has 0 saturated carbocycles. The summed E-state index contributed by atoms with van der Waals surface area (Å²) in [5, 5.41) is 6.70. The number of nitrogens with zero attached hydrogens (tertiary/aromatic N) is 1. The fraction of sp³-hybridized carbons (Fsp3) is 0.562. The van der Waals surface area contributed by atoms with Crippen LogP contribution in [0.15, 0.2) is 33.7 Å². The monoisotopic (exact) mass is 355 g/mol. The fourth-order valence-corrected chi connectivity index (χ4v) is 2.95. The lowest BCUT2D eigenvalue weighted by atomic mass is 9.84. The Morgan fingerprint density at radius 2 is 2.05 bits per heavy atom. The molecule has 4 nitrogen and oxygen atoms in total. The summed E-state index contributed by atoms with van der Waals surface area (Å²) in [6.45, 7) is 7.93. The molecule has 5 heteroatoms. The number of hydrogen-bond acceptors (Lipinski definition) is 2. The third-order valence-corrected chi connectivity index (χ3v) is 4.02. The summed E-state index contributed by atoms with van der Waals surface area (Å²) in [6.07, 6.45) is 0. The second kappa shape index (κ2) is 8.39. The lowest BCUT2D eigenvalue weighted by Crippen LogP contribution is -2.47. The van der Waals surface area contributed by atoms with Gasteiger partial charge < -0.3 is 15.4 Å². The Hall–Kier alpha value is -1.07. The number of nitrogens with one attached hydrogen (secondary N) is 2. The van der Waals surface area contributed by atoms with Gasteiger partial charge in [0.25, 0.3) is 0 Å². The van der Waals surface area contributed by atoms with Gasteiger partial charge in [-0.3, -0.25) is 4.99 Å². The second-order valence-corrected chi connectivity index (χ2v) is 6.64. The first kappa shape index (κ1) is 18.0. The van der Waals surface area contributed by atoms with Crippen LogP contribution in [-0.4, -0.2) is 39.3 Å². The van der Waals surface area contributed by atoms with Gasteiger partial charge in [-0.2, -0.15) is 0 Å². The fourth-order valence-electron chi connectivity index (χ4n) is 2.13. The molecular formula is C16H26BrN3O. The van der Waals surface area contributed by atoms with Crippen molar-refractivity contribution in [1.82, 2.24) is 10.6 Å². The number of benzene rings is 1. The summed E-state index contributed by atoms with van der Waals surface area (Å²) in [6, 6.07) is 8.53. The number of rotatable bonds is 6. The summed E-state index contributed by atoms with van der Waals surface area (Å²) < 4.78 is 6.26. The van der Waals surface area contributed by atoms with Gasteiger partial charge in [0.15, 0.2) is 5.96 Å². The number of ether oxygens (including phenoxy) is 1. The van der Waals surface area contributed by atoms with E-state index >= 15 is 0 Å². The van der Waals surface area contributed by atoms with Crippen LogP contribution in [0.1, 0.15) is 26.3 Å². The average Bonchev–Trinajstić information content (AvgIpc) is 2.44. The first-order chi connectivity index (χ1) is 9.90. The van der Waals surface area contributed by atoms with Gasteiger partial charge in [-0.1, -0.05) is 48.0 Å². The maximum absolute atomic E-state index is 5.13. The Labute approximate surface area is 136 Å². The van der Waals surface area contributed by atoms with Crippen molar-refractivity contribution < 1.29 is 4.74 Å². The Balaban J connectivity index is 2.65. The minimum Gasteiger partial charge on any atom is -0.383 e. The highest BCUT2D eigenvalue weighted by atomic mass is 79.9. The number of guanidine groups is 1. The van der Waals surface area contributed by atoms with Crippen molar-refractivity contribution in [2.75, 3.05) is 27.3 Å². The lowest BCUT2D eigenvalue weighted by molar-refractivity contribution is 0.179. The number of halogens is 1. The summed E-state index contributed by atoms with van der Waals surface area (Å²) in [5.41, 5.74) is 1.26. The van der Waals surface area contributed by atoms with Crippen molar-refractivity contribution in [2.24, 2.45) is 4.99 Å². The first-order valence-corrected chi connectivity index (χ1v) is 7.91. The lowest BCUT2D eigenvalue weighted by Gasteiger charge is -2.28. The predicted molar refractivity (Wildman–Crippen MR) is 93.0 cm³/mol. The molecule has 0 aliphatic rings. The van der Waals surface area contributed by atoms with Gasteiger partial charge in [-0.25, -0.2) is 0 Å². The Kier molecular flexibility index (Phi) is 7.18. The van der Waals surface area contributed by atoms with E-state index in [9.17, 15) is 0 Å². The summed E-state index contributed by atoms with van der Waals surface area (Å²) in [4.78, 5) is 4.26. The van der Waals surface area contributed by atoms with Gasteiger partial charge in [0.1, 0.15) is 0 Å². The molecule has 118 valence electrons. The van der Waals surface area contributed by atoms with Gasteiger partial charge in [0.05, 0.1) is 6.61 Å². The molecule has 0 aliphatic carbocycles. The van der Waals surface area contributed by atoms with E-state index in [1.54, 1.807) is 14.2 Å². The molecule has 0 radical (unpaired) electrons. The molecule has 1 rings (SSSR count). The normalized spacial score (nSPS) is 13.9. The molecule has 2 N–H and O–H groups in total. The van der Waals surface area contributed by atoms with Crippen molar-refractivity contribution in [3.05, 3.63) is 34.3 Å². The molecular weight excluding hydrogens is 330 g/mol. The molecule has 0 saturated heterocycles. The molecule has 1 atom stereocenters. The number of methoxy groups -OCH3 is 1. The highest BCUT2D eigenvalue weighted by molar-refractivity contribution is 9.10. The first-order valence-electron chi connectivity index (χ1n) is 7.12. The Morgan fingerprint density at radius 1 is 1.38 bits per heavy atom. The van der Waals surface area contributed by atoms with Crippen LogP contribution in [-0.2, 0) is 10.2 Å². The van der Waals surface area contributed by atoms with E-state index in [2.05, 4.69) is 70.5 Å². The van der Waals surface area contributed by atoms with Crippen molar-refractivity contribution >= 4 is 21.9 Å². The molecule has 0 fully saturated rings. The smallest absolute Gasteiger partial charge is 0.191 e. The summed E-state index contributed by atoms with van der Waals surface area (Å²) >= 11 is 3.63. The van der Waals surface area contributed by atoms with E-state index in [-0.39, 0.29) is 11.5 Å². The van der Waals surface area contributed by atoms with Crippen LogP contribution in [0, 0.1) is 0 Å². The summed E-state index contributed by atoms with van der Waals surface area (Å²) in [5.74, 6) is 0.791. The van der Waals surface area contributed by atoms with Gasteiger partial charge in [0.2, 0.25) is 0 Å². The molecule has 0 aliphatic heterocycles. The highest BCUT2D eigenvalue weighted by Gasteiger charge is 2.23. The molecule has 0 aromatic heterocycles. The van der Waals surface area contributed by atoms with Crippen LogP contribution in [0.3, 0.4) is 0 Å². The predicted octanol–water partition coefficient (Wildman–Crippen LogP) is 2.93. The quantitative estimate of drug-likeness (QED) is 0.609. The topological polar surface area (TPSA) is 45.7 Å². The third-order valence-electron chi connectivity index (χ3n) is 3.32. The minimum atomic E-state index is -0.0117. The maximum atomic E-state index is 5.13. The van der Waals surface area contributed by atoms with Gasteiger partial charge in [-0.15, -0.1) is 0 Å². The van der Waals surface area contributed by atoms with E-state index in [0.717, 1.165) is 17.0 Å². The molecule has 1 aromatic rings. The van der Waals surface area contributed by atoms with Gasteiger partial charge >= 0.3 is 0 Å². The second-order valence-electron chi connectivity index (χ2n) is 5.79. The molecule has 0 spiro atoms. The zero-order chi connectivity index (χ0) is 15.9. The van der Waals surface area contributed by atoms with Crippen LogP contribution < -0.4 is 10.6 Å². The van der Waals surface area contributed by atoms with Crippen molar-refractivity contribution in [3.63, 3.8) is 0 Å². The van der Waals surface area contributed by atoms with E-state index in [1.165, 1.54) is 5.56 Å². The zero-order valence-electron chi connectivity index (χ0n) is 13.5. The molecule has 0 bridgehead atoms. The third kappa shape index (κ3) is 5.67. The van der Waals surface area contributed by atoms with Crippen LogP contribution >= 0.6 is 15.9 Å². The summed E-state index contributed by atoms with van der Waals surface area (Å²) in [7, 11) is 3.48. The van der Waals surface area contributed by atoms with E-state index < -0.39 is 0 Å². The molecule has 0 amide bonds. The van der Waals surface area contributed by atoms with E-state index in [4.69, 9.17) is 4.74 Å². The average molecular weight is 356 g/mol. The van der Waals surface area contributed by atoms with Crippen LogP contribution in [0.2, 0.25) is 0 Å². The minimum absolute atomic E-state index is 0.0117. The number of hydrogen-bond donors (Lipinski definition) is 2. The van der Waals surface area contributed by atoms with Crippen LogP contribution in [0.5, 0.6) is 0 Å². The van der Waals surface area contributed by atoms with Crippen molar-refractivity contribution in [2.45, 2.75) is 32.2 Å². The zero-order valence-corrected chi connectivity index (χ0v) is 15.1. The SMILES string of the molecule is CN=C(NCC(C)(C)c1ccccc1Br)NC(C)COC.